The van der Waals surface area contributed by atoms with Crippen LogP contribution in [0.3, 0.4) is 0 Å². The van der Waals surface area contributed by atoms with Crippen LogP contribution in [0.4, 0.5) is 0 Å². The van der Waals surface area contributed by atoms with Crippen LogP contribution in [0.2, 0.25) is 0 Å². The third kappa shape index (κ3) is 2.39. The molecule has 0 aromatic carbocycles. The molecule has 21 heavy (non-hydrogen) atoms. The molecule has 1 saturated carbocycles. The van der Waals surface area contributed by atoms with Gasteiger partial charge in [0.15, 0.2) is 0 Å². The number of hydrogen-bond acceptors (Lipinski definition) is 4. The molecule has 0 radical (unpaired) electrons. The third-order valence-electron chi connectivity index (χ3n) is 5.00. The fourth-order valence-corrected chi connectivity index (χ4v) is 5.90. The Morgan fingerprint density at radius 1 is 1.10 bits per heavy atom. The molecule has 114 valence electrons. The molecular weight excluding hydrogens is 286 g/mol. The molecule has 5 nitrogen and oxygen atoms in total. The van der Waals surface area contributed by atoms with E-state index in [2.05, 4.69) is 9.88 Å². The first-order valence-electron chi connectivity index (χ1n) is 7.81. The lowest BCUT2D eigenvalue weighted by atomic mass is 10.1. The van der Waals surface area contributed by atoms with Gasteiger partial charge >= 0.3 is 0 Å². The Morgan fingerprint density at radius 3 is 2.62 bits per heavy atom. The number of sulfonamides is 1. The topological polar surface area (TPSA) is 53.5 Å². The van der Waals surface area contributed by atoms with Crippen LogP contribution >= 0.6 is 0 Å². The molecule has 2 saturated heterocycles. The average molecular weight is 307 g/mol. The van der Waals surface area contributed by atoms with Crippen molar-refractivity contribution in [2.75, 3.05) is 13.1 Å². The van der Waals surface area contributed by atoms with Crippen molar-refractivity contribution in [3.8, 4) is 0 Å². The van der Waals surface area contributed by atoms with Gasteiger partial charge < -0.3 is 0 Å². The molecule has 0 bridgehead atoms. The second kappa shape index (κ2) is 5.04. The van der Waals surface area contributed by atoms with E-state index in [0.717, 1.165) is 44.5 Å². The van der Waals surface area contributed by atoms with Gasteiger partial charge in [0.25, 0.3) is 0 Å². The maximum atomic E-state index is 12.5. The minimum Gasteiger partial charge on any atom is -0.293 e. The highest BCUT2D eigenvalue weighted by atomic mass is 32.2. The van der Waals surface area contributed by atoms with Crippen molar-refractivity contribution in [2.45, 2.75) is 49.6 Å². The molecule has 6 heteroatoms. The summed E-state index contributed by atoms with van der Waals surface area (Å²) in [6, 6.07) is 6.55. The summed E-state index contributed by atoms with van der Waals surface area (Å²) in [6.07, 6.45) is 5.45. The zero-order valence-electron chi connectivity index (χ0n) is 12.1. The van der Waals surface area contributed by atoms with Crippen LogP contribution in [0.25, 0.3) is 0 Å². The van der Waals surface area contributed by atoms with E-state index in [-0.39, 0.29) is 11.3 Å². The van der Waals surface area contributed by atoms with E-state index in [1.54, 1.807) is 0 Å². The van der Waals surface area contributed by atoms with Crippen molar-refractivity contribution in [3.05, 3.63) is 30.1 Å². The van der Waals surface area contributed by atoms with Crippen molar-refractivity contribution >= 4 is 10.0 Å². The summed E-state index contributed by atoms with van der Waals surface area (Å²) in [7, 11) is -3.02. The first-order chi connectivity index (χ1) is 10.2. The molecule has 2 atom stereocenters. The van der Waals surface area contributed by atoms with Crippen molar-refractivity contribution in [1.29, 1.82) is 0 Å². The van der Waals surface area contributed by atoms with Gasteiger partial charge in [0.1, 0.15) is 0 Å². The van der Waals surface area contributed by atoms with Gasteiger partial charge in [0.05, 0.1) is 10.9 Å². The fraction of sp³-hybridized carbons (Fsp3) is 0.667. The lowest BCUT2D eigenvalue weighted by molar-refractivity contribution is 0.237. The van der Waals surface area contributed by atoms with Crippen molar-refractivity contribution in [3.63, 3.8) is 0 Å². The van der Waals surface area contributed by atoms with Gasteiger partial charge in [-0.2, -0.15) is 4.31 Å². The van der Waals surface area contributed by atoms with Crippen LogP contribution in [-0.4, -0.2) is 53.0 Å². The number of aromatic nitrogens is 1. The van der Waals surface area contributed by atoms with Crippen LogP contribution in [-0.2, 0) is 16.6 Å². The molecule has 0 N–H and O–H groups in total. The molecule has 1 aromatic rings. The molecule has 0 unspecified atom stereocenters. The van der Waals surface area contributed by atoms with Crippen LogP contribution in [0, 0.1) is 0 Å². The predicted molar refractivity (Wildman–Crippen MR) is 80.1 cm³/mol. The van der Waals surface area contributed by atoms with Crippen LogP contribution < -0.4 is 0 Å². The maximum Gasteiger partial charge on any atom is 0.217 e. The molecule has 3 fully saturated rings. The summed E-state index contributed by atoms with van der Waals surface area (Å²) in [6.45, 7) is 2.51. The average Bonchev–Trinajstić information content (AvgIpc) is 3.15. The first-order valence-corrected chi connectivity index (χ1v) is 9.31. The molecule has 0 amide bonds. The zero-order chi connectivity index (χ0) is 14.4. The number of pyridine rings is 1. The highest BCUT2D eigenvalue weighted by Crippen LogP contribution is 2.39. The lowest BCUT2D eigenvalue weighted by Crippen LogP contribution is -2.41. The van der Waals surface area contributed by atoms with Gasteiger partial charge in [-0.1, -0.05) is 6.07 Å². The van der Waals surface area contributed by atoms with Gasteiger partial charge in [0, 0.05) is 37.9 Å². The smallest absolute Gasteiger partial charge is 0.217 e. The predicted octanol–water partition coefficient (Wildman–Crippen LogP) is 1.22. The Bertz CT molecular complexity index is 615. The largest absolute Gasteiger partial charge is 0.293 e. The van der Waals surface area contributed by atoms with E-state index < -0.39 is 10.0 Å². The highest BCUT2D eigenvalue weighted by molar-refractivity contribution is 7.90. The molecule has 0 spiro atoms. The van der Waals surface area contributed by atoms with E-state index in [9.17, 15) is 8.42 Å². The van der Waals surface area contributed by atoms with Crippen LogP contribution in [0.1, 0.15) is 31.4 Å². The summed E-state index contributed by atoms with van der Waals surface area (Å²) >= 11 is 0. The van der Waals surface area contributed by atoms with Gasteiger partial charge in [-0.25, -0.2) is 8.42 Å². The van der Waals surface area contributed by atoms with Gasteiger partial charge in [-0.15, -0.1) is 0 Å². The molecule has 2 aliphatic heterocycles. The summed E-state index contributed by atoms with van der Waals surface area (Å²) in [5.41, 5.74) is 1.07. The van der Waals surface area contributed by atoms with Crippen LogP contribution in [0.15, 0.2) is 24.4 Å². The van der Waals surface area contributed by atoms with Crippen molar-refractivity contribution < 1.29 is 8.42 Å². The van der Waals surface area contributed by atoms with Crippen LogP contribution in [0.5, 0.6) is 0 Å². The molecule has 3 heterocycles. The van der Waals surface area contributed by atoms with Crippen molar-refractivity contribution in [1.82, 2.24) is 14.2 Å². The number of hydrogen-bond donors (Lipinski definition) is 0. The summed E-state index contributed by atoms with van der Waals surface area (Å²) < 4.78 is 26.8. The summed E-state index contributed by atoms with van der Waals surface area (Å²) in [5.74, 6) is 0. The van der Waals surface area contributed by atoms with Gasteiger partial charge in [-0.3, -0.25) is 9.88 Å². The fourth-order valence-electron chi connectivity index (χ4n) is 3.81. The number of rotatable bonds is 4. The third-order valence-corrected chi connectivity index (χ3v) is 7.43. The lowest BCUT2D eigenvalue weighted by Gasteiger charge is -2.25. The van der Waals surface area contributed by atoms with Crippen molar-refractivity contribution in [2.24, 2.45) is 0 Å². The minimum absolute atomic E-state index is 0.0823. The Kier molecular flexibility index (Phi) is 3.28. The molecule has 3 aliphatic rings. The Morgan fingerprint density at radius 2 is 1.90 bits per heavy atom. The second-order valence-electron chi connectivity index (χ2n) is 6.36. The van der Waals surface area contributed by atoms with E-state index in [1.165, 1.54) is 0 Å². The first kappa shape index (κ1) is 13.7. The maximum absolute atomic E-state index is 12.5. The zero-order valence-corrected chi connectivity index (χ0v) is 12.9. The number of fused-ring (bicyclic) bond motifs is 1. The normalized spacial score (nSPS) is 30.7. The molecule has 4 rings (SSSR count). The summed E-state index contributed by atoms with van der Waals surface area (Å²) in [5, 5.41) is -0.0823. The SMILES string of the molecule is O=S(=O)(C1CC1)N1CC[C@@H]2[C@@H]1CCN2Cc1ccccn1. The quantitative estimate of drug-likeness (QED) is 0.839. The number of nitrogens with zero attached hydrogens (tertiary/aromatic N) is 3. The van der Waals surface area contributed by atoms with E-state index in [1.807, 2.05) is 28.7 Å². The molecule has 1 aromatic heterocycles. The second-order valence-corrected chi connectivity index (χ2v) is 8.52. The van der Waals surface area contributed by atoms with E-state index in [4.69, 9.17) is 0 Å². The molecule has 1 aliphatic carbocycles. The summed E-state index contributed by atoms with van der Waals surface area (Å²) in [4.78, 5) is 6.80. The Hall–Kier alpha value is -0.980. The molecular formula is C15H21N3O2S. The van der Waals surface area contributed by atoms with Gasteiger partial charge in [-0.05, 0) is 37.8 Å². The highest BCUT2D eigenvalue weighted by Gasteiger charge is 2.50. The monoisotopic (exact) mass is 307 g/mol. The Labute approximate surface area is 126 Å². The van der Waals surface area contributed by atoms with E-state index >= 15 is 0 Å². The standard InChI is InChI=1S/C15H21N3O2S/c19-21(20,13-4-5-13)18-10-7-14-15(18)6-9-17(14)11-12-3-1-2-8-16-12/h1-3,8,13-15H,4-7,9-11H2/t14-,15+/m1/s1. The van der Waals surface area contributed by atoms with E-state index in [0.29, 0.717) is 12.6 Å². The number of likely N-dealkylation sites (tertiary alicyclic amines) is 1. The van der Waals surface area contributed by atoms with Gasteiger partial charge in [0.2, 0.25) is 10.0 Å². The minimum atomic E-state index is -3.02. The Balaban J connectivity index is 1.48.